The van der Waals surface area contributed by atoms with Crippen LogP contribution in [0.1, 0.15) is 37.7 Å². The Morgan fingerprint density at radius 1 is 0.976 bits per heavy atom. The number of amides is 3. The van der Waals surface area contributed by atoms with E-state index in [1.165, 1.54) is 19.2 Å². The monoisotopic (exact) mass is 560 g/mol. The molecule has 0 saturated carbocycles. The van der Waals surface area contributed by atoms with E-state index in [0.717, 1.165) is 17.0 Å². The van der Waals surface area contributed by atoms with Crippen LogP contribution in [0.5, 0.6) is 11.5 Å². The Hall–Kier alpha value is -4.77. The van der Waals surface area contributed by atoms with Crippen molar-refractivity contribution in [2.75, 3.05) is 24.4 Å². The van der Waals surface area contributed by atoms with Crippen molar-refractivity contribution in [2.24, 2.45) is 0 Å². The van der Waals surface area contributed by atoms with Gasteiger partial charge in [-0.3, -0.25) is 15.1 Å². The number of aromatic nitrogens is 3. The van der Waals surface area contributed by atoms with Crippen molar-refractivity contribution in [3.8, 4) is 17.2 Å². The molecule has 0 radical (unpaired) electrons. The van der Waals surface area contributed by atoms with Gasteiger partial charge in [0, 0.05) is 49.2 Å². The molecule has 41 heavy (non-hydrogen) atoms. The first kappa shape index (κ1) is 29.2. The van der Waals surface area contributed by atoms with Crippen molar-refractivity contribution < 1.29 is 23.5 Å². The average molecular weight is 561 g/mol. The molecular formula is C30H33FN6O4. The second-order valence-electron chi connectivity index (χ2n) is 10.4. The zero-order valence-electron chi connectivity index (χ0n) is 23.6. The Bertz CT molecular complexity index is 1530. The first-order valence-corrected chi connectivity index (χ1v) is 13.0. The maximum atomic E-state index is 14.8. The summed E-state index contributed by atoms with van der Waals surface area (Å²) in [5, 5.41) is 12.8. The fourth-order valence-electron chi connectivity index (χ4n) is 3.82. The fraction of sp³-hybridized carbons (Fsp3) is 0.267. The molecule has 2 aromatic heterocycles. The van der Waals surface area contributed by atoms with E-state index in [1.54, 1.807) is 35.1 Å². The number of halogens is 1. The lowest BCUT2D eigenvalue weighted by Crippen LogP contribution is -2.26. The van der Waals surface area contributed by atoms with Crippen LogP contribution in [-0.4, -0.2) is 40.4 Å². The van der Waals surface area contributed by atoms with Crippen molar-refractivity contribution in [3.63, 3.8) is 0 Å². The van der Waals surface area contributed by atoms with Crippen LogP contribution < -0.4 is 20.7 Å². The summed E-state index contributed by atoms with van der Waals surface area (Å²) in [6.07, 6.45) is 1.61. The van der Waals surface area contributed by atoms with Crippen molar-refractivity contribution >= 4 is 23.4 Å². The number of hydrogen-bond donors (Lipinski definition) is 3. The molecule has 10 nitrogen and oxygen atoms in total. The van der Waals surface area contributed by atoms with E-state index in [4.69, 9.17) is 14.6 Å². The third-order valence-electron chi connectivity index (χ3n) is 5.96. The van der Waals surface area contributed by atoms with Gasteiger partial charge < -0.3 is 20.1 Å². The van der Waals surface area contributed by atoms with E-state index in [1.807, 2.05) is 52.0 Å². The molecule has 214 valence electrons. The molecule has 4 aromatic rings. The lowest BCUT2D eigenvalue weighted by atomic mass is 9.92. The lowest BCUT2D eigenvalue weighted by Gasteiger charge is -2.14. The van der Waals surface area contributed by atoms with Crippen LogP contribution >= 0.6 is 0 Å². The molecule has 3 N–H and O–H groups in total. The Balaban J connectivity index is 1.48. The van der Waals surface area contributed by atoms with Gasteiger partial charge >= 0.3 is 6.03 Å². The van der Waals surface area contributed by atoms with Gasteiger partial charge in [0.15, 0.2) is 0 Å². The van der Waals surface area contributed by atoms with Crippen LogP contribution in [0, 0.1) is 12.7 Å². The van der Waals surface area contributed by atoms with Crippen molar-refractivity contribution in [2.45, 2.75) is 39.7 Å². The van der Waals surface area contributed by atoms with Crippen LogP contribution in [0.15, 0.2) is 66.9 Å². The number of nitrogens with one attached hydrogen (secondary N) is 3. The third kappa shape index (κ3) is 7.89. The standard InChI is InChI=1S/C30H33FN6O4/c1-19-14-23(12-13-32-19)41-22-10-11-25(24(31)15-22)34-29(39)35-27-16-26(30(2,3)4)36-37(27)21-8-6-20(7-9-21)17-33-28(38)18-40-5/h6-16H,17-18H2,1-5H3,(H,33,38)(H2,34,35,39). The second-order valence-corrected chi connectivity index (χ2v) is 10.4. The highest BCUT2D eigenvalue weighted by molar-refractivity contribution is 5.99. The van der Waals surface area contributed by atoms with E-state index in [9.17, 15) is 14.0 Å². The molecule has 0 aliphatic rings. The number of carbonyl (C=O) groups is 2. The maximum Gasteiger partial charge on any atom is 0.324 e. The minimum absolute atomic E-state index is 0.00874. The fourth-order valence-corrected chi connectivity index (χ4v) is 3.82. The molecule has 0 saturated heterocycles. The molecule has 0 fully saturated rings. The Kier molecular flexibility index (Phi) is 8.98. The minimum Gasteiger partial charge on any atom is -0.457 e. The van der Waals surface area contributed by atoms with Crippen molar-refractivity contribution in [1.29, 1.82) is 0 Å². The van der Waals surface area contributed by atoms with Gasteiger partial charge in [0.2, 0.25) is 5.91 Å². The van der Waals surface area contributed by atoms with E-state index in [-0.39, 0.29) is 29.4 Å². The van der Waals surface area contributed by atoms with Gasteiger partial charge in [-0.2, -0.15) is 5.10 Å². The predicted molar refractivity (Wildman–Crippen MR) is 154 cm³/mol. The normalized spacial score (nSPS) is 11.2. The van der Waals surface area contributed by atoms with Gasteiger partial charge in [0.05, 0.1) is 17.1 Å². The second kappa shape index (κ2) is 12.6. The van der Waals surface area contributed by atoms with Crippen molar-refractivity contribution in [3.05, 3.63) is 89.6 Å². The molecule has 2 aromatic carbocycles. The Morgan fingerprint density at radius 3 is 2.37 bits per heavy atom. The first-order chi connectivity index (χ1) is 19.5. The summed E-state index contributed by atoms with van der Waals surface area (Å²) in [5.41, 5.74) is 2.80. The van der Waals surface area contributed by atoms with Crippen LogP contribution in [0.3, 0.4) is 0 Å². The van der Waals surface area contributed by atoms with E-state index in [0.29, 0.717) is 23.8 Å². The molecule has 11 heteroatoms. The molecule has 0 atom stereocenters. The number of carbonyl (C=O) groups excluding carboxylic acids is 2. The van der Waals surface area contributed by atoms with Crippen LogP contribution in [-0.2, 0) is 21.5 Å². The summed E-state index contributed by atoms with van der Waals surface area (Å²) >= 11 is 0. The quantitative estimate of drug-likeness (QED) is 0.241. The topological polar surface area (TPSA) is 119 Å². The third-order valence-corrected chi connectivity index (χ3v) is 5.96. The number of hydrogen-bond acceptors (Lipinski definition) is 6. The number of ether oxygens (including phenoxy) is 2. The summed E-state index contributed by atoms with van der Waals surface area (Å²) in [4.78, 5) is 28.7. The number of aryl methyl sites for hydroxylation is 1. The smallest absolute Gasteiger partial charge is 0.324 e. The SMILES string of the molecule is COCC(=O)NCc1ccc(-n2nc(C(C)(C)C)cc2NC(=O)Nc2ccc(Oc3ccnc(C)c3)cc2F)cc1. The molecule has 3 amide bonds. The molecule has 0 unspecified atom stereocenters. The van der Waals surface area contributed by atoms with Crippen molar-refractivity contribution in [1.82, 2.24) is 20.1 Å². The van der Waals surface area contributed by atoms with Crippen LogP contribution in [0.25, 0.3) is 5.69 Å². The molecular weight excluding hydrogens is 527 g/mol. The zero-order chi connectivity index (χ0) is 29.6. The summed E-state index contributed by atoms with van der Waals surface area (Å²) in [7, 11) is 1.46. The molecule has 2 heterocycles. The van der Waals surface area contributed by atoms with Gasteiger partial charge in [-0.25, -0.2) is 13.9 Å². The number of anilines is 2. The van der Waals surface area contributed by atoms with E-state index in [2.05, 4.69) is 20.9 Å². The van der Waals surface area contributed by atoms with Gasteiger partial charge in [-0.15, -0.1) is 0 Å². The molecule has 4 rings (SSSR count). The lowest BCUT2D eigenvalue weighted by molar-refractivity contribution is -0.124. The number of pyridine rings is 1. The van der Waals surface area contributed by atoms with Gasteiger partial charge in [-0.1, -0.05) is 32.9 Å². The van der Waals surface area contributed by atoms with Crippen LogP contribution in [0.2, 0.25) is 0 Å². The zero-order valence-corrected chi connectivity index (χ0v) is 23.6. The summed E-state index contributed by atoms with van der Waals surface area (Å²) < 4.78 is 27.0. The largest absolute Gasteiger partial charge is 0.457 e. The summed E-state index contributed by atoms with van der Waals surface area (Å²) in [6, 6.07) is 16.1. The maximum absolute atomic E-state index is 14.8. The number of rotatable bonds is 9. The summed E-state index contributed by atoms with van der Waals surface area (Å²) in [6.45, 7) is 8.22. The molecule has 0 aliphatic heterocycles. The van der Waals surface area contributed by atoms with Gasteiger partial charge in [-0.05, 0) is 42.8 Å². The minimum atomic E-state index is -0.652. The summed E-state index contributed by atoms with van der Waals surface area (Å²) in [5.74, 6) is 0.358. The predicted octanol–water partition coefficient (Wildman–Crippen LogP) is 5.71. The first-order valence-electron chi connectivity index (χ1n) is 13.0. The van der Waals surface area contributed by atoms with E-state index < -0.39 is 11.8 Å². The number of urea groups is 1. The van der Waals surface area contributed by atoms with Gasteiger partial charge in [0.1, 0.15) is 29.7 Å². The number of benzene rings is 2. The Labute approximate surface area is 237 Å². The van der Waals surface area contributed by atoms with E-state index >= 15 is 0 Å². The molecule has 0 spiro atoms. The highest BCUT2D eigenvalue weighted by atomic mass is 19.1. The molecule has 0 bridgehead atoms. The van der Waals surface area contributed by atoms with Crippen LogP contribution in [0.4, 0.5) is 20.7 Å². The Morgan fingerprint density at radius 2 is 1.71 bits per heavy atom. The van der Waals surface area contributed by atoms with Gasteiger partial charge in [0.25, 0.3) is 0 Å². The highest BCUT2D eigenvalue weighted by Gasteiger charge is 2.22. The average Bonchev–Trinajstić information content (AvgIpc) is 3.34. The molecule has 0 aliphatic carbocycles. The number of methoxy groups -OCH3 is 1. The number of nitrogens with zero attached hydrogens (tertiary/aromatic N) is 3. The highest BCUT2D eigenvalue weighted by Crippen LogP contribution is 2.28.